The van der Waals surface area contributed by atoms with E-state index >= 15 is 0 Å². The molecule has 0 aromatic rings. The van der Waals surface area contributed by atoms with Crippen molar-refractivity contribution >= 4 is 15.7 Å². The van der Waals surface area contributed by atoms with E-state index in [-0.39, 0.29) is 6.54 Å². The number of carbonyl (C=O) groups is 1. The van der Waals surface area contributed by atoms with Crippen LogP contribution in [0.1, 0.15) is 19.8 Å². The van der Waals surface area contributed by atoms with Crippen LogP contribution in [0.15, 0.2) is 0 Å². The summed E-state index contributed by atoms with van der Waals surface area (Å²) in [7, 11) is -3.34. The molecule has 1 aliphatic rings. The molecule has 0 aromatic heterocycles. The van der Waals surface area contributed by atoms with Gasteiger partial charge in [0, 0.05) is 19.3 Å². The summed E-state index contributed by atoms with van der Waals surface area (Å²) in [6.45, 7) is 2.17. The number of sulfone groups is 1. The molecule has 1 N–H and O–H groups in total. The summed E-state index contributed by atoms with van der Waals surface area (Å²) in [6, 6.07) is 0. The Balaban J connectivity index is 2.68. The number of piperidine rings is 1. The van der Waals surface area contributed by atoms with Crippen molar-refractivity contribution in [2.75, 3.05) is 19.3 Å². The van der Waals surface area contributed by atoms with E-state index < -0.39 is 27.1 Å². The van der Waals surface area contributed by atoms with Gasteiger partial charge in [-0.25, -0.2) is 8.42 Å². The summed E-state index contributed by atoms with van der Waals surface area (Å²) in [6.07, 6.45) is 1.94. The van der Waals surface area contributed by atoms with Crippen LogP contribution in [0.5, 0.6) is 0 Å². The van der Waals surface area contributed by atoms with Gasteiger partial charge in [0.25, 0.3) is 0 Å². The van der Waals surface area contributed by atoms with Crippen LogP contribution in [0.25, 0.3) is 0 Å². The molecule has 1 amide bonds. The topological polar surface area (TPSA) is 74.7 Å². The van der Waals surface area contributed by atoms with E-state index in [9.17, 15) is 18.3 Å². The van der Waals surface area contributed by atoms with Gasteiger partial charge in [0.05, 0.1) is 6.10 Å². The second kappa shape index (κ2) is 4.49. The smallest absolute Gasteiger partial charge is 0.240 e. The van der Waals surface area contributed by atoms with Gasteiger partial charge in [0.2, 0.25) is 5.91 Å². The standard InChI is InChI=1S/C9H17NO4S/c1-7(15(2,13)14)9(12)10-5-3-4-8(11)6-10/h7-8,11H,3-6H2,1-2H3. The first kappa shape index (κ1) is 12.4. The predicted molar refractivity (Wildman–Crippen MR) is 56.1 cm³/mol. The Morgan fingerprint density at radius 1 is 1.53 bits per heavy atom. The first-order valence-corrected chi connectivity index (χ1v) is 6.93. The normalized spacial score (nSPS) is 25.0. The van der Waals surface area contributed by atoms with Crippen molar-refractivity contribution in [3.8, 4) is 0 Å². The van der Waals surface area contributed by atoms with E-state index in [1.54, 1.807) is 0 Å². The SMILES string of the molecule is CC(C(=O)N1CCCC(O)C1)S(C)(=O)=O. The number of carbonyl (C=O) groups excluding carboxylic acids is 1. The molecule has 0 bridgehead atoms. The zero-order valence-corrected chi connectivity index (χ0v) is 9.83. The number of β-amino-alcohol motifs (C(OH)–C–C–N with tert-alkyl or cyclic N) is 1. The number of hydrogen-bond acceptors (Lipinski definition) is 4. The lowest BCUT2D eigenvalue weighted by Gasteiger charge is -2.31. The third-order valence-corrected chi connectivity index (χ3v) is 4.18. The number of aliphatic hydroxyl groups excluding tert-OH is 1. The summed E-state index contributed by atoms with van der Waals surface area (Å²) in [5.74, 6) is -0.406. The van der Waals surface area contributed by atoms with E-state index in [1.165, 1.54) is 11.8 Å². The van der Waals surface area contributed by atoms with Crippen molar-refractivity contribution in [2.45, 2.75) is 31.1 Å². The highest BCUT2D eigenvalue weighted by atomic mass is 32.2. The van der Waals surface area contributed by atoms with Crippen LogP contribution >= 0.6 is 0 Å². The molecule has 0 saturated carbocycles. The number of hydrogen-bond donors (Lipinski definition) is 1. The molecule has 0 radical (unpaired) electrons. The van der Waals surface area contributed by atoms with Gasteiger partial charge >= 0.3 is 0 Å². The highest BCUT2D eigenvalue weighted by molar-refractivity contribution is 7.92. The lowest BCUT2D eigenvalue weighted by atomic mass is 10.1. The van der Waals surface area contributed by atoms with Crippen molar-refractivity contribution in [1.82, 2.24) is 4.90 Å². The van der Waals surface area contributed by atoms with E-state index in [0.717, 1.165) is 12.7 Å². The van der Waals surface area contributed by atoms with Crippen LogP contribution in [0.2, 0.25) is 0 Å². The Morgan fingerprint density at radius 3 is 2.60 bits per heavy atom. The molecule has 15 heavy (non-hydrogen) atoms. The molecular weight excluding hydrogens is 218 g/mol. The Labute approximate surface area is 90.0 Å². The third-order valence-electron chi connectivity index (χ3n) is 2.70. The molecule has 2 unspecified atom stereocenters. The molecule has 0 aromatic carbocycles. The van der Waals surface area contributed by atoms with Crippen molar-refractivity contribution in [1.29, 1.82) is 0 Å². The molecular formula is C9H17NO4S. The predicted octanol–water partition coefficient (Wildman–Crippen LogP) is -0.597. The van der Waals surface area contributed by atoms with Gasteiger partial charge < -0.3 is 10.0 Å². The average molecular weight is 235 g/mol. The number of nitrogens with zero attached hydrogens (tertiary/aromatic N) is 1. The Kier molecular flexibility index (Phi) is 3.72. The maximum Gasteiger partial charge on any atom is 0.240 e. The van der Waals surface area contributed by atoms with Crippen LogP contribution in [0, 0.1) is 0 Å². The van der Waals surface area contributed by atoms with Gasteiger partial charge in [0.15, 0.2) is 9.84 Å². The van der Waals surface area contributed by atoms with Crippen LogP contribution < -0.4 is 0 Å². The molecule has 0 spiro atoms. The minimum atomic E-state index is -3.34. The van der Waals surface area contributed by atoms with Gasteiger partial charge in [-0.05, 0) is 19.8 Å². The monoisotopic (exact) mass is 235 g/mol. The first-order valence-electron chi connectivity index (χ1n) is 4.98. The van der Waals surface area contributed by atoms with Crippen LogP contribution in [-0.4, -0.2) is 55.0 Å². The van der Waals surface area contributed by atoms with E-state index in [4.69, 9.17) is 0 Å². The van der Waals surface area contributed by atoms with E-state index in [0.29, 0.717) is 13.0 Å². The zero-order valence-electron chi connectivity index (χ0n) is 9.01. The van der Waals surface area contributed by atoms with Gasteiger partial charge in [-0.15, -0.1) is 0 Å². The molecule has 2 atom stereocenters. The van der Waals surface area contributed by atoms with Crippen molar-refractivity contribution in [2.24, 2.45) is 0 Å². The molecule has 5 nitrogen and oxygen atoms in total. The minimum Gasteiger partial charge on any atom is -0.391 e. The number of amides is 1. The average Bonchev–Trinajstić information content (AvgIpc) is 2.14. The van der Waals surface area contributed by atoms with Crippen molar-refractivity contribution in [3.63, 3.8) is 0 Å². The lowest BCUT2D eigenvalue weighted by Crippen LogP contribution is -2.47. The van der Waals surface area contributed by atoms with Crippen LogP contribution in [0.3, 0.4) is 0 Å². The highest BCUT2D eigenvalue weighted by Crippen LogP contribution is 2.13. The summed E-state index contributed by atoms with van der Waals surface area (Å²) >= 11 is 0. The summed E-state index contributed by atoms with van der Waals surface area (Å²) in [5.41, 5.74) is 0. The van der Waals surface area contributed by atoms with Gasteiger partial charge in [-0.3, -0.25) is 4.79 Å². The molecule has 0 aliphatic carbocycles. The fraction of sp³-hybridized carbons (Fsp3) is 0.889. The largest absolute Gasteiger partial charge is 0.391 e. The second-order valence-corrected chi connectivity index (χ2v) is 6.42. The zero-order chi connectivity index (χ0) is 11.6. The van der Waals surface area contributed by atoms with Gasteiger partial charge in [-0.2, -0.15) is 0 Å². The molecule has 88 valence electrons. The Hall–Kier alpha value is -0.620. The minimum absolute atomic E-state index is 0.249. The molecule has 6 heteroatoms. The Bertz CT molecular complexity index is 338. The second-order valence-electron chi connectivity index (χ2n) is 4.05. The van der Waals surface area contributed by atoms with E-state index in [2.05, 4.69) is 0 Å². The summed E-state index contributed by atoms with van der Waals surface area (Å²) in [5, 5.41) is 8.36. The quantitative estimate of drug-likeness (QED) is 0.693. The third kappa shape index (κ3) is 3.17. The lowest BCUT2D eigenvalue weighted by molar-refractivity contribution is -0.133. The van der Waals surface area contributed by atoms with Crippen molar-refractivity contribution < 1.29 is 18.3 Å². The summed E-state index contributed by atoms with van der Waals surface area (Å²) in [4.78, 5) is 13.2. The van der Waals surface area contributed by atoms with Crippen LogP contribution in [-0.2, 0) is 14.6 Å². The van der Waals surface area contributed by atoms with Gasteiger partial charge in [0.1, 0.15) is 5.25 Å². The van der Waals surface area contributed by atoms with E-state index in [1.807, 2.05) is 0 Å². The number of aliphatic hydroxyl groups is 1. The highest BCUT2D eigenvalue weighted by Gasteiger charge is 2.30. The maximum atomic E-state index is 11.7. The number of likely N-dealkylation sites (tertiary alicyclic amines) is 1. The molecule has 1 heterocycles. The van der Waals surface area contributed by atoms with Crippen molar-refractivity contribution in [3.05, 3.63) is 0 Å². The fourth-order valence-corrected chi connectivity index (χ4v) is 2.11. The fourth-order valence-electron chi connectivity index (χ4n) is 1.60. The summed E-state index contributed by atoms with van der Waals surface area (Å²) < 4.78 is 22.4. The van der Waals surface area contributed by atoms with Gasteiger partial charge in [-0.1, -0.05) is 0 Å². The molecule has 1 rings (SSSR count). The maximum absolute atomic E-state index is 11.7. The number of rotatable bonds is 2. The first-order chi connectivity index (χ1) is 6.82. The molecule has 1 aliphatic heterocycles. The molecule has 1 fully saturated rings. The Morgan fingerprint density at radius 2 is 2.13 bits per heavy atom. The molecule has 1 saturated heterocycles. The van der Waals surface area contributed by atoms with Crippen LogP contribution in [0.4, 0.5) is 0 Å².